The monoisotopic (exact) mass is 154 g/mol. The van der Waals surface area contributed by atoms with Crippen LogP contribution in [0.15, 0.2) is 0 Å². The summed E-state index contributed by atoms with van der Waals surface area (Å²) in [5.74, 6) is 2.76. The lowest BCUT2D eigenvalue weighted by Crippen LogP contribution is -2.14. The molecule has 0 aromatic carbocycles. The molecule has 1 rings (SSSR count). The minimum absolute atomic E-state index is 0.730. The van der Waals surface area contributed by atoms with Crippen LogP contribution in [0.25, 0.3) is 0 Å². The molecule has 0 heteroatoms. The van der Waals surface area contributed by atoms with E-state index in [0.717, 1.165) is 23.2 Å². The van der Waals surface area contributed by atoms with E-state index in [1.807, 2.05) is 0 Å². The van der Waals surface area contributed by atoms with Crippen molar-refractivity contribution in [2.75, 3.05) is 0 Å². The molecule has 2 atom stereocenters. The topological polar surface area (TPSA) is 0 Å². The molecule has 0 spiro atoms. The highest BCUT2D eigenvalue weighted by molar-refractivity contribution is 5.01. The van der Waals surface area contributed by atoms with Gasteiger partial charge in [-0.3, -0.25) is 0 Å². The van der Waals surface area contributed by atoms with Gasteiger partial charge in [-0.05, 0) is 36.0 Å². The highest BCUT2D eigenvalue weighted by Gasteiger charge is 2.52. The first-order valence-electron chi connectivity index (χ1n) is 4.99. The van der Waals surface area contributed by atoms with Crippen LogP contribution in [-0.4, -0.2) is 0 Å². The van der Waals surface area contributed by atoms with Crippen molar-refractivity contribution in [3.8, 4) is 0 Å². The second kappa shape index (κ2) is 2.80. The van der Waals surface area contributed by atoms with Crippen molar-refractivity contribution in [3.05, 3.63) is 0 Å². The van der Waals surface area contributed by atoms with Crippen molar-refractivity contribution in [2.24, 2.45) is 23.2 Å². The second-order valence-electron chi connectivity index (χ2n) is 5.09. The van der Waals surface area contributed by atoms with Crippen molar-refractivity contribution in [2.45, 2.75) is 47.5 Å². The number of rotatable bonds is 3. The molecule has 0 heterocycles. The number of hydrogen-bond donors (Lipinski definition) is 0. The van der Waals surface area contributed by atoms with Gasteiger partial charge in [-0.25, -0.2) is 0 Å². The van der Waals surface area contributed by atoms with Gasteiger partial charge in [-0.1, -0.05) is 34.6 Å². The van der Waals surface area contributed by atoms with E-state index in [0.29, 0.717) is 0 Å². The third-order valence-electron chi connectivity index (χ3n) is 3.45. The van der Waals surface area contributed by atoms with Gasteiger partial charge in [0.1, 0.15) is 0 Å². The lowest BCUT2D eigenvalue weighted by Gasteiger charge is -2.23. The van der Waals surface area contributed by atoms with Crippen molar-refractivity contribution < 1.29 is 0 Å². The first-order chi connectivity index (χ1) is 4.99. The largest absolute Gasteiger partial charge is 0.0628 e. The second-order valence-corrected chi connectivity index (χ2v) is 5.09. The first kappa shape index (κ1) is 9.09. The minimum Gasteiger partial charge on any atom is -0.0628 e. The summed E-state index contributed by atoms with van der Waals surface area (Å²) in [6, 6.07) is 0. The van der Waals surface area contributed by atoms with Crippen molar-refractivity contribution in [1.82, 2.24) is 0 Å². The summed E-state index contributed by atoms with van der Waals surface area (Å²) in [6.45, 7) is 11.9. The van der Waals surface area contributed by atoms with Gasteiger partial charge in [0, 0.05) is 0 Å². The molecule has 1 saturated carbocycles. The van der Waals surface area contributed by atoms with Crippen LogP contribution in [0, 0.1) is 23.2 Å². The molecule has 0 bridgehead atoms. The van der Waals surface area contributed by atoms with E-state index in [9.17, 15) is 0 Å². The van der Waals surface area contributed by atoms with Gasteiger partial charge in [-0.15, -0.1) is 0 Å². The zero-order valence-corrected chi connectivity index (χ0v) is 8.65. The molecule has 0 radical (unpaired) electrons. The average molecular weight is 154 g/mol. The summed E-state index contributed by atoms with van der Waals surface area (Å²) in [4.78, 5) is 0. The molecule has 1 aliphatic rings. The molecule has 0 aliphatic heterocycles. The molecular formula is C11H22. The normalized spacial score (nSPS) is 36.8. The molecule has 0 aromatic heterocycles. The van der Waals surface area contributed by atoms with Gasteiger partial charge in [0.2, 0.25) is 0 Å². The average Bonchev–Trinajstić information content (AvgIpc) is 2.41. The molecule has 0 nitrogen and oxygen atoms in total. The van der Waals surface area contributed by atoms with Crippen LogP contribution >= 0.6 is 0 Å². The van der Waals surface area contributed by atoms with E-state index in [2.05, 4.69) is 34.6 Å². The van der Waals surface area contributed by atoms with Crippen LogP contribution in [-0.2, 0) is 0 Å². The van der Waals surface area contributed by atoms with E-state index in [-0.39, 0.29) is 0 Å². The summed E-state index contributed by atoms with van der Waals surface area (Å²) < 4.78 is 0. The Bertz CT molecular complexity index is 135. The van der Waals surface area contributed by atoms with Gasteiger partial charge in [0.15, 0.2) is 0 Å². The van der Waals surface area contributed by atoms with E-state index >= 15 is 0 Å². The number of hydrogen-bond acceptors (Lipinski definition) is 0. The molecule has 0 aromatic rings. The predicted molar refractivity (Wildman–Crippen MR) is 50.5 cm³/mol. The Morgan fingerprint density at radius 2 is 1.73 bits per heavy atom. The lowest BCUT2D eigenvalue weighted by molar-refractivity contribution is 0.269. The van der Waals surface area contributed by atoms with Crippen LogP contribution in [0.2, 0.25) is 0 Å². The standard InChI is InChI=1S/C11H22/c1-8(2)6-11(9(3)4)7-10(11)5/h8-10H,6-7H2,1-5H3. The van der Waals surface area contributed by atoms with E-state index in [1.54, 1.807) is 0 Å². The zero-order chi connectivity index (χ0) is 8.65. The highest BCUT2D eigenvalue weighted by atomic mass is 14.6. The zero-order valence-electron chi connectivity index (χ0n) is 8.65. The summed E-state index contributed by atoms with van der Waals surface area (Å²) in [5, 5.41) is 0. The Hall–Kier alpha value is 0. The van der Waals surface area contributed by atoms with Gasteiger partial charge in [0.05, 0.1) is 0 Å². The van der Waals surface area contributed by atoms with Crippen molar-refractivity contribution in [1.29, 1.82) is 0 Å². The fourth-order valence-corrected chi connectivity index (χ4v) is 2.60. The summed E-state index contributed by atoms with van der Waals surface area (Å²) >= 11 is 0. The highest BCUT2D eigenvalue weighted by Crippen LogP contribution is 2.61. The molecule has 66 valence electrons. The predicted octanol–water partition coefficient (Wildman–Crippen LogP) is 3.71. The van der Waals surface area contributed by atoms with Gasteiger partial charge in [-0.2, -0.15) is 0 Å². The SMILES string of the molecule is CC(C)CC1(C(C)C)CC1C. The molecule has 0 N–H and O–H groups in total. The molecule has 11 heavy (non-hydrogen) atoms. The fourth-order valence-electron chi connectivity index (χ4n) is 2.60. The Morgan fingerprint density at radius 3 is 1.82 bits per heavy atom. The Balaban J connectivity index is 2.50. The lowest BCUT2D eigenvalue weighted by atomic mass is 9.82. The van der Waals surface area contributed by atoms with Crippen molar-refractivity contribution >= 4 is 0 Å². The molecular weight excluding hydrogens is 132 g/mol. The maximum Gasteiger partial charge on any atom is -0.0243 e. The Kier molecular flexibility index (Phi) is 2.32. The Morgan fingerprint density at radius 1 is 1.27 bits per heavy atom. The summed E-state index contributed by atoms with van der Waals surface area (Å²) in [7, 11) is 0. The van der Waals surface area contributed by atoms with Gasteiger partial charge >= 0.3 is 0 Å². The molecule has 2 unspecified atom stereocenters. The van der Waals surface area contributed by atoms with E-state index in [1.165, 1.54) is 12.8 Å². The summed E-state index contributed by atoms with van der Waals surface area (Å²) in [5.41, 5.74) is 0.730. The fraction of sp³-hybridized carbons (Fsp3) is 1.00. The van der Waals surface area contributed by atoms with Crippen LogP contribution in [0.5, 0.6) is 0 Å². The molecule has 0 amide bonds. The third-order valence-corrected chi connectivity index (χ3v) is 3.45. The smallest absolute Gasteiger partial charge is 0.0243 e. The van der Waals surface area contributed by atoms with Crippen LogP contribution < -0.4 is 0 Å². The van der Waals surface area contributed by atoms with Crippen molar-refractivity contribution in [3.63, 3.8) is 0 Å². The van der Waals surface area contributed by atoms with Crippen LogP contribution in [0.3, 0.4) is 0 Å². The first-order valence-corrected chi connectivity index (χ1v) is 4.99. The van der Waals surface area contributed by atoms with E-state index < -0.39 is 0 Å². The molecule has 1 aliphatic carbocycles. The van der Waals surface area contributed by atoms with Crippen LogP contribution in [0.1, 0.15) is 47.5 Å². The maximum atomic E-state index is 2.41. The van der Waals surface area contributed by atoms with Gasteiger partial charge in [0.25, 0.3) is 0 Å². The van der Waals surface area contributed by atoms with Gasteiger partial charge < -0.3 is 0 Å². The van der Waals surface area contributed by atoms with E-state index in [4.69, 9.17) is 0 Å². The quantitative estimate of drug-likeness (QED) is 0.581. The summed E-state index contributed by atoms with van der Waals surface area (Å²) in [6.07, 6.45) is 2.91. The third kappa shape index (κ3) is 1.60. The molecule has 1 fully saturated rings. The Labute approximate surface area is 71.4 Å². The molecule has 0 saturated heterocycles. The minimum atomic E-state index is 0.730. The maximum absolute atomic E-state index is 2.41. The van der Waals surface area contributed by atoms with Crippen LogP contribution in [0.4, 0.5) is 0 Å².